The molecule has 1 spiro atoms. The lowest BCUT2D eigenvalue weighted by molar-refractivity contribution is -0.161. The van der Waals surface area contributed by atoms with E-state index in [9.17, 15) is 24.3 Å². The summed E-state index contributed by atoms with van der Waals surface area (Å²) in [5, 5.41) is 21.7. The highest BCUT2D eigenvalue weighted by Gasteiger charge is 2.54. The van der Waals surface area contributed by atoms with Crippen LogP contribution >= 0.6 is 11.3 Å². The molecule has 8 rings (SSSR count). The number of esters is 1. The van der Waals surface area contributed by atoms with Gasteiger partial charge in [0.15, 0.2) is 17.1 Å². The molecule has 2 atom stereocenters. The van der Waals surface area contributed by atoms with Gasteiger partial charge < -0.3 is 24.5 Å². The first-order valence-electron chi connectivity index (χ1n) is 15.1. The van der Waals surface area contributed by atoms with Crippen molar-refractivity contribution in [2.24, 2.45) is 5.41 Å². The summed E-state index contributed by atoms with van der Waals surface area (Å²) in [6.07, 6.45) is 0.176. The molecule has 2 unspecified atom stereocenters. The topological polar surface area (TPSA) is 123 Å². The van der Waals surface area contributed by atoms with E-state index in [0.29, 0.717) is 89.2 Å². The Balaban J connectivity index is 1.11. The van der Waals surface area contributed by atoms with Gasteiger partial charge in [-0.25, -0.2) is 18.7 Å². The number of benzene rings is 2. The maximum atomic E-state index is 15.9. The summed E-state index contributed by atoms with van der Waals surface area (Å²) in [6, 6.07) is 11.4. The average molecular weight is 643 g/mol. The predicted octanol–water partition coefficient (Wildman–Crippen LogP) is 4.61. The Kier molecular flexibility index (Phi) is 6.53. The molecule has 0 bridgehead atoms. The Hall–Kier alpha value is -4.67. The van der Waals surface area contributed by atoms with E-state index in [-0.39, 0.29) is 29.2 Å². The molecule has 4 aromatic rings. The number of anilines is 3. The molecule has 0 saturated carbocycles. The highest BCUT2D eigenvalue weighted by Crippen LogP contribution is 2.48. The zero-order valence-electron chi connectivity index (χ0n) is 24.8. The molecule has 46 heavy (non-hydrogen) atoms. The molecule has 0 radical (unpaired) electrons. The lowest BCUT2D eigenvalue weighted by Gasteiger charge is -2.61. The van der Waals surface area contributed by atoms with Crippen LogP contribution in [0.2, 0.25) is 0 Å². The van der Waals surface area contributed by atoms with Gasteiger partial charge >= 0.3 is 5.97 Å². The first-order chi connectivity index (χ1) is 22.1. The van der Waals surface area contributed by atoms with E-state index in [1.54, 1.807) is 24.1 Å². The Morgan fingerprint density at radius 2 is 1.89 bits per heavy atom. The number of thiazole rings is 1. The van der Waals surface area contributed by atoms with Crippen LogP contribution in [0.25, 0.3) is 22.2 Å². The van der Waals surface area contributed by atoms with Crippen LogP contribution in [-0.2, 0) is 20.7 Å². The number of ether oxygens (including phenoxy) is 1. The molecule has 2 aromatic heterocycles. The van der Waals surface area contributed by atoms with Gasteiger partial charge in [0.2, 0.25) is 0 Å². The normalized spacial score (nSPS) is 21.2. The Bertz CT molecular complexity index is 1980. The number of hydrogen-bond donors (Lipinski definition) is 1. The molecule has 2 aromatic carbocycles. The predicted molar refractivity (Wildman–Crippen MR) is 166 cm³/mol. The second-order valence-corrected chi connectivity index (χ2v) is 13.6. The first-order valence-corrected chi connectivity index (χ1v) is 15.9. The van der Waals surface area contributed by atoms with Crippen molar-refractivity contribution >= 4 is 50.6 Å². The molecule has 3 fully saturated rings. The van der Waals surface area contributed by atoms with Gasteiger partial charge in [-0.05, 0) is 49.2 Å². The quantitative estimate of drug-likeness (QED) is 0.311. The Morgan fingerprint density at radius 3 is 2.59 bits per heavy atom. The lowest BCUT2D eigenvalue weighted by atomic mass is 9.72. The third kappa shape index (κ3) is 4.50. The summed E-state index contributed by atoms with van der Waals surface area (Å²) >= 11 is 1.18. The van der Waals surface area contributed by atoms with Crippen LogP contribution in [0.4, 0.5) is 25.3 Å². The van der Waals surface area contributed by atoms with Crippen molar-refractivity contribution in [3.05, 3.63) is 64.2 Å². The fourth-order valence-electron chi connectivity index (χ4n) is 7.25. The highest BCUT2D eigenvalue weighted by atomic mass is 32.1. The number of amides is 1. The lowest BCUT2D eigenvalue weighted by Crippen LogP contribution is -2.73. The molecular weight excluding hydrogens is 614 g/mol. The monoisotopic (exact) mass is 642 g/mol. The minimum atomic E-state index is -0.821. The fourth-order valence-corrected chi connectivity index (χ4v) is 8.11. The number of rotatable bonds is 5. The second-order valence-electron chi connectivity index (χ2n) is 12.6. The largest absolute Gasteiger partial charge is 0.452 e. The molecule has 3 aliphatic heterocycles. The minimum Gasteiger partial charge on any atom is -0.452 e. The number of cyclic esters (lactones) is 1. The van der Waals surface area contributed by atoms with Crippen molar-refractivity contribution in [3.8, 4) is 17.3 Å². The van der Waals surface area contributed by atoms with E-state index in [1.165, 1.54) is 29.5 Å². The molecule has 13 heteroatoms. The van der Waals surface area contributed by atoms with Crippen LogP contribution in [0.15, 0.2) is 36.4 Å². The van der Waals surface area contributed by atoms with Crippen LogP contribution in [0.3, 0.4) is 0 Å². The SMILES string of the molecule is CN(c1nc(-c2ccc(F)cc2)c(C#N)s1)c1c2c(nc3c(F)cc(N4CC5(CN(C(=O)C6CCC(=O)O6)C5)C4)cc13)C(O)CC2. The number of hydrogen-bond acceptors (Lipinski definition) is 10. The highest BCUT2D eigenvalue weighted by molar-refractivity contribution is 7.16. The third-order valence-electron chi connectivity index (χ3n) is 9.51. The molecule has 1 amide bonds. The van der Waals surface area contributed by atoms with E-state index in [4.69, 9.17) is 9.72 Å². The number of aliphatic hydroxyl groups excluding tert-OH is 1. The van der Waals surface area contributed by atoms with Crippen LogP contribution in [-0.4, -0.2) is 71.2 Å². The van der Waals surface area contributed by atoms with Crippen LogP contribution in [0.1, 0.15) is 41.5 Å². The Morgan fingerprint density at radius 1 is 1.13 bits per heavy atom. The number of likely N-dealkylation sites (tertiary alicyclic amines) is 1. The van der Waals surface area contributed by atoms with Crippen LogP contribution < -0.4 is 9.80 Å². The van der Waals surface area contributed by atoms with E-state index in [1.807, 2.05) is 11.0 Å². The minimum absolute atomic E-state index is 0.0883. The van der Waals surface area contributed by atoms with Crippen molar-refractivity contribution in [1.29, 1.82) is 5.26 Å². The number of carbonyl (C=O) groups excluding carboxylic acids is 2. The van der Waals surface area contributed by atoms with Crippen molar-refractivity contribution in [3.63, 3.8) is 0 Å². The number of fused-ring (bicyclic) bond motifs is 2. The van der Waals surface area contributed by atoms with Crippen molar-refractivity contribution < 1.29 is 28.2 Å². The number of pyridine rings is 1. The number of aliphatic hydroxyl groups is 1. The third-order valence-corrected chi connectivity index (χ3v) is 10.5. The molecule has 234 valence electrons. The Labute approximate surface area is 266 Å². The van der Waals surface area contributed by atoms with Crippen molar-refractivity contribution in [1.82, 2.24) is 14.9 Å². The smallest absolute Gasteiger partial charge is 0.306 e. The van der Waals surface area contributed by atoms with Crippen LogP contribution in [0.5, 0.6) is 0 Å². The van der Waals surface area contributed by atoms with Gasteiger partial charge in [0.05, 0.1) is 17.5 Å². The zero-order chi connectivity index (χ0) is 31.9. The van der Waals surface area contributed by atoms with Gasteiger partial charge in [0.1, 0.15) is 28.0 Å². The molecule has 3 saturated heterocycles. The number of nitrogens with zero attached hydrogens (tertiary/aromatic N) is 6. The van der Waals surface area contributed by atoms with Crippen molar-refractivity contribution in [2.75, 3.05) is 43.0 Å². The number of nitriles is 1. The molecular formula is C33H28F2N6O4S. The summed E-state index contributed by atoms with van der Waals surface area (Å²) in [5.74, 6) is -1.39. The van der Waals surface area contributed by atoms with Gasteiger partial charge in [0.25, 0.3) is 5.91 Å². The maximum Gasteiger partial charge on any atom is 0.306 e. The maximum absolute atomic E-state index is 15.9. The van der Waals surface area contributed by atoms with E-state index in [2.05, 4.69) is 16.0 Å². The molecule has 1 aliphatic carbocycles. The summed E-state index contributed by atoms with van der Waals surface area (Å²) in [7, 11) is 1.80. The summed E-state index contributed by atoms with van der Waals surface area (Å²) < 4.78 is 34.6. The summed E-state index contributed by atoms with van der Waals surface area (Å²) in [4.78, 5) is 39.5. The number of halogens is 2. The van der Waals surface area contributed by atoms with Gasteiger partial charge in [0, 0.05) is 73.7 Å². The van der Waals surface area contributed by atoms with E-state index < -0.39 is 23.8 Å². The summed E-state index contributed by atoms with van der Waals surface area (Å²) in [5.41, 5.74) is 3.68. The van der Waals surface area contributed by atoms with E-state index in [0.717, 1.165) is 5.56 Å². The fraction of sp³-hybridized carbons (Fsp3) is 0.364. The van der Waals surface area contributed by atoms with Gasteiger partial charge in [-0.3, -0.25) is 9.59 Å². The van der Waals surface area contributed by atoms with Gasteiger partial charge in [-0.2, -0.15) is 5.26 Å². The molecule has 5 heterocycles. The zero-order valence-corrected chi connectivity index (χ0v) is 25.6. The average Bonchev–Trinajstić information content (AvgIpc) is 3.73. The standard InChI is InChI=1S/C33H28F2N6O4S/c1-39(32-38-27(25(12-36)46-32)17-2-4-18(34)5-3-17)30-20-6-7-23(42)29(20)37-28-21(30)10-19(11-22(28)35)40-13-33(14-40)15-41(16-33)31(44)24-8-9-26(43)45-24/h2-5,10-11,23-24,42H,6-9,13-16H2,1H3. The molecule has 1 N–H and O–H groups in total. The summed E-state index contributed by atoms with van der Waals surface area (Å²) in [6.45, 7) is 2.42. The first kappa shape index (κ1) is 28.8. The van der Waals surface area contributed by atoms with Crippen molar-refractivity contribution in [2.45, 2.75) is 37.9 Å². The van der Waals surface area contributed by atoms with E-state index >= 15 is 4.39 Å². The number of carbonyl (C=O) groups is 2. The second kappa shape index (κ2) is 10.4. The van der Waals surface area contributed by atoms with Gasteiger partial charge in [-0.1, -0.05) is 11.3 Å². The number of aromatic nitrogens is 2. The van der Waals surface area contributed by atoms with Gasteiger partial charge in [-0.15, -0.1) is 0 Å². The molecule has 10 nitrogen and oxygen atoms in total. The molecule has 4 aliphatic rings. The van der Waals surface area contributed by atoms with Crippen LogP contribution in [0, 0.1) is 28.4 Å².